The predicted molar refractivity (Wildman–Crippen MR) is 76.3 cm³/mol. The molecule has 0 saturated heterocycles. The van der Waals surface area contributed by atoms with Crippen LogP contribution < -0.4 is 5.32 Å². The van der Waals surface area contributed by atoms with Crippen molar-refractivity contribution in [3.8, 4) is 0 Å². The molecule has 2 rings (SSSR count). The largest absolute Gasteiger partial charge is 0.322 e. The monoisotopic (exact) mass is 276 g/mol. The Morgan fingerprint density at radius 3 is 2.89 bits per heavy atom. The average Bonchev–Trinajstić information content (AvgIpc) is 2.83. The number of hydrogen-bond donors (Lipinski definition) is 1. The van der Waals surface area contributed by atoms with Crippen LogP contribution in [0.1, 0.15) is 24.2 Å². The first-order valence-corrected chi connectivity index (χ1v) is 6.72. The van der Waals surface area contributed by atoms with Crippen molar-refractivity contribution in [2.45, 2.75) is 19.9 Å². The number of nitrogens with zero attached hydrogens (tertiary/aromatic N) is 3. The maximum atomic E-state index is 12.1. The molecule has 1 unspecified atom stereocenters. The number of nitrogens with one attached hydrogen (secondary N) is 1. The van der Waals surface area contributed by atoms with Gasteiger partial charge in [-0.05, 0) is 43.1 Å². The molecule has 1 N–H and O–H groups in total. The molecule has 2 heterocycles. The zero-order valence-electron chi connectivity index (χ0n) is 11.1. The average molecular weight is 276 g/mol. The number of aromatic nitrogens is 2. The second-order valence-electron chi connectivity index (χ2n) is 4.34. The van der Waals surface area contributed by atoms with Gasteiger partial charge in [-0.1, -0.05) is 6.07 Å². The highest BCUT2D eigenvalue weighted by Crippen LogP contribution is 2.20. The molecule has 0 saturated carbocycles. The van der Waals surface area contributed by atoms with E-state index in [0.717, 1.165) is 16.3 Å². The van der Waals surface area contributed by atoms with Crippen molar-refractivity contribution in [2.75, 3.05) is 12.4 Å². The number of amides is 2. The van der Waals surface area contributed by atoms with E-state index in [1.807, 2.05) is 32.0 Å². The number of aryl methyl sites for hydroxylation is 1. The summed E-state index contributed by atoms with van der Waals surface area (Å²) in [6.07, 6.45) is 3.49. The lowest BCUT2D eigenvalue weighted by Gasteiger charge is -2.24. The minimum Gasteiger partial charge on any atom is -0.321 e. The number of hydrogen-bond acceptors (Lipinski definition) is 4. The van der Waals surface area contributed by atoms with E-state index in [0.29, 0.717) is 0 Å². The Morgan fingerprint density at radius 2 is 2.32 bits per heavy atom. The van der Waals surface area contributed by atoms with Gasteiger partial charge in [0.2, 0.25) is 0 Å². The fourth-order valence-electron chi connectivity index (χ4n) is 1.64. The van der Waals surface area contributed by atoms with E-state index in [2.05, 4.69) is 14.7 Å². The van der Waals surface area contributed by atoms with Crippen LogP contribution in [0.25, 0.3) is 0 Å². The van der Waals surface area contributed by atoms with Crippen LogP contribution in [0.5, 0.6) is 0 Å². The molecular formula is C13H16N4OS. The molecule has 100 valence electrons. The van der Waals surface area contributed by atoms with E-state index in [4.69, 9.17) is 0 Å². The van der Waals surface area contributed by atoms with E-state index in [-0.39, 0.29) is 12.1 Å². The lowest BCUT2D eigenvalue weighted by Crippen LogP contribution is -2.33. The van der Waals surface area contributed by atoms with Crippen molar-refractivity contribution in [1.29, 1.82) is 0 Å². The second kappa shape index (κ2) is 5.79. The Hall–Kier alpha value is -1.95. The molecule has 2 aromatic heterocycles. The van der Waals surface area contributed by atoms with Crippen molar-refractivity contribution in [3.63, 3.8) is 0 Å². The summed E-state index contributed by atoms with van der Waals surface area (Å²) < 4.78 is 4.13. The zero-order chi connectivity index (χ0) is 13.8. The van der Waals surface area contributed by atoms with E-state index in [9.17, 15) is 4.79 Å². The van der Waals surface area contributed by atoms with E-state index >= 15 is 0 Å². The SMILES string of the molecule is Cc1cc(NC(=O)N(C)C(C)c2cccnc2)sn1. The van der Waals surface area contributed by atoms with Crippen molar-refractivity contribution < 1.29 is 4.79 Å². The Bertz CT molecular complexity index is 555. The van der Waals surface area contributed by atoms with Gasteiger partial charge >= 0.3 is 6.03 Å². The lowest BCUT2D eigenvalue weighted by molar-refractivity contribution is 0.208. The summed E-state index contributed by atoms with van der Waals surface area (Å²) in [5, 5.41) is 3.59. The summed E-state index contributed by atoms with van der Waals surface area (Å²) in [6.45, 7) is 3.86. The minimum atomic E-state index is -0.153. The molecule has 0 radical (unpaired) electrons. The highest BCUT2D eigenvalue weighted by molar-refractivity contribution is 7.10. The molecule has 0 aliphatic rings. The summed E-state index contributed by atoms with van der Waals surface area (Å²) in [5.41, 5.74) is 1.91. The molecule has 1 atom stereocenters. The van der Waals surface area contributed by atoms with Crippen LogP contribution in [-0.4, -0.2) is 27.3 Å². The highest BCUT2D eigenvalue weighted by atomic mass is 32.1. The van der Waals surface area contributed by atoms with Crippen LogP contribution in [0.3, 0.4) is 0 Å². The Kier molecular flexibility index (Phi) is 4.11. The third kappa shape index (κ3) is 3.29. The molecule has 0 aliphatic carbocycles. The van der Waals surface area contributed by atoms with Crippen molar-refractivity contribution in [2.24, 2.45) is 0 Å². The summed E-state index contributed by atoms with van der Waals surface area (Å²) in [5.74, 6) is 0. The van der Waals surface area contributed by atoms with Crippen molar-refractivity contribution in [1.82, 2.24) is 14.3 Å². The molecule has 2 amide bonds. The lowest BCUT2D eigenvalue weighted by atomic mass is 10.1. The maximum Gasteiger partial charge on any atom is 0.322 e. The fraction of sp³-hybridized carbons (Fsp3) is 0.308. The summed E-state index contributed by atoms with van der Waals surface area (Å²) in [7, 11) is 1.76. The summed E-state index contributed by atoms with van der Waals surface area (Å²) in [6, 6.07) is 5.48. The number of pyridine rings is 1. The third-order valence-corrected chi connectivity index (χ3v) is 3.72. The molecule has 0 spiro atoms. The van der Waals surface area contributed by atoms with Crippen LogP contribution in [0.4, 0.5) is 9.80 Å². The van der Waals surface area contributed by atoms with Crippen molar-refractivity contribution in [3.05, 3.63) is 41.9 Å². The van der Waals surface area contributed by atoms with Crippen LogP contribution >= 0.6 is 11.5 Å². The topological polar surface area (TPSA) is 58.1 Å². The number of rotatable bonds is 3. The van der Waals surface area contributed by atoms with E-state index in [1.54, 1.807) is 24.3 Å². The smallest absolute Gasteiger partial charge is 0.321 e. The predicted octanol–water partition coefficient (Wildman–Crippen LogP) is 3.07. The molecule has 5 nitrogen and oxygen atoms in total. The highest BCUT2D eigenvalue weighted by Gasteiger charge is 2.18. The van der Waals surface area contributed by atoms with Gasteiger partial charge in [0.25, 0.3) is 0 Å². The van der Waals surface area contributed by atoms with Gasteiger partial charge < -0.3 is 4.90 Å². The van der Waals surface area contributed by atoms with Gasteiger partial charge in [0.15, 0.2) is 0 Å². The van der Waals surface area contributed by atoms with Gasteiger partial charge in [-0.15, -0.1) is 0 Å². The minimum absolute atomic E-state index is 0.0391. The molecule has 0 bridgehead atoms. The number of carbonyl (C=O) groups excluding carboxylic acids is 1. The van der Waals surface area contributed by atoms with Crippen molar-refractivity contribution >= 4 is 22.6 Å². The summed E-state index contributed by atoms with van der Waals surface area (Å²) >= 11 is 1.28. The quantitative estimate of drug-likeness (QED) is 0.937. The number of urea groups is 1. The number of carbonyl (C=O) groups is 1. The van der Waals surface area contributed by atoms with Gasteiger partial charge in [-0.3, -0.25) is 10.3 Å². The van der Waals surface area contributed by atoms with Crippen LogP contribution in [0, 0.1) is 6.92 Å². The normalized spacial score (nSPS) is 11.9. The number of anilines is 1. The van der Waals surface area contributed by atoms with Crippen LogP contribution in [-0.2, 0) is 0 Å². The maximum absolute atomic E-state index is 12.1. The van der Waals surface area contributed by atoms with Gasteiger partial charge in [-0.25, -0.2) is 4.79 Å². The molecule has 0 fully saturated rings. The van der Waals surface area contributed by atoms with Gasteiger partial charge in [0.05, 0.1) is 11.7 Å². The van der Waals surface area contributed by atoms with Crippen LogP contribution in [0.2, 0.25) is 0 Å². The molecule has 2 aromatic rings. The molecule has 0 aromatic carbocycles. The fourth-order valence-corrected chi connectivity index (χ4v) is 2.29. The Morgan fingerprint density at radius 1 is 1.53 bits per heavy atom. The van der Waals surface area contributed by atoms with Gasteiger partial charge in [0.1, 0.15) is 5.00 Å². The second-order valence-corrected chi connectivity index (χ2v) is 5.14. The zero-order valence-corrected chi connectivity index (χ0v) is 11.9. The third-order valence-electron chi connectivity index (χ3n) is 2.93. The van der Waals surface area contributed by atoms with Crippen LogP contribution in [0.15, 0.2) is 30.6 Å². The Labute approximate surface area is 116 Å². The molecule has 19 heavy (non-hydrogen) atoms. The van der Waals surface area contributed by atoms with Gasteiger partial charge in [0, 0.05) is 19.4 Å². The molecule has 0 aliphatic heterocycles. The first-order valence-electron chi connectivity index (χ1n) is 5.95. The molecule has 6 heteroatoms. The molecular weight excluding hydrogens is 260 g/mol. The van der Waals surface area contributed by atoms with Gasteiger partial charge in [-0.2, -0.15) is 4.37 Å². The Balaban J connectivity index is 2.03. The van der Waals surface area contributed by atoms with E-state index < -0.39 is 0 Å². The van der Waals surface area contributed by atoms with E-state index in [1.165, 1.54) is 11.5 Å². The first kappa shape index (κ1) is 13.5. The standard InChI is InChI=1S/C13H16N4OS/c1-9-7-12(19-16-9)15-13(18)17(3)10(2)11-5-4-6-14-8-11/h4-8,10H,1-3H3,(H,15,18). The first-order chi connectivity index (χ1) is 9.08. The summed E-state index contributed by atoms with van der Waals surface area (Å²) in [4.78, 5) is 17.8.